The summed E-state index contributed by atoms with van der Waals surface area (Å²) in [5, 5.41) is 18.1. The highest BCUT2D eigenvalue weighted by Crippen LogP contribution is 2.36. The predicted molar refractivity (Wildman–Crippen MR) is 440 cm³/mol. The lowest BCUT2D eigenvalue weighted by Gasteiger charge is -2.19. The Morgan fingerprint density at radius 1 is 0.283 bits per heavy atom. The zero-order chi connectivity index (χ0) is 89.9. The van der Waals surface area contributed by atoms with Crippen LogP contribution in [0.1, 0.15) is 93.4 Å². The first-order chi connectivity index (χ1) is 56.4. The maximum atomic E-state index is 14.4. The van der Waals surface area contributed by atoms with Gasteiger partial charge in [0.1, 0.15) is 88.4 Å². The number of carbonyl (C=O) groups is 18. The van der Waals surface area contributed by atoms with Crippen LogP contribution >= 0.6 is 70.6 Å². The molecule has 9 N–H and O–H groups in total. The summed E-state index contributed by atoms with van der Waals surface area (Å²) in [6.45, 7) is 10.6. The van der Waals surface area contributed by atoms with Crippen molar-refractivity contribution >= 4 is 172 Å². The number of hydrogen-bond donors (Lipinski definition) is 9. The molecular formula is C78H81F6N9O21S6. The number of benzene rings is 6. The Balaban J connectivity index is 0.000000378. The second kappa shape index (κ2) is 49.9. The van der Waals surface area contributed by atoms with E-state index in [-0.39, 0.29) is 102 Å². The van der Waals surface area contributed by atoms with Crippen LogP contribution in [-0.2, 0) is 71.9 Å². The van der Waals surface area contributed by atoms with Crippen LogP contribution in [0.15, 0.2) is 109 Å². The van der Waals surface area contributed by atoms with Crippen LogP contribution in [0.2, 0.25) is 0 Å². The molecule has 0 spiro atoms. The van der Waals surface area contributed by atoms with Gasteiger partial charge in [0.25, 0.3) is 0 Å². The van der Waals surface area contributed by atoms with Gasteiger partial charge in [-0.1, -0.05) is 88.8 Å². The minimum Gasteiger partial charge on any atom is -0.426 e. The number of carbonyl (C=O) groups excluding carboxylic acids is 18. The van der Waals surface area contributed by atoms with E-state index in [1.807, 2.05) is 0 Å². The fraction of sp³-hybridized carbons (Fsp3) is 0.308. The van der Waals surface area contributed by atoms with Gasteiger partial charge in [0, 0.05) is 153 Å². The van der Waals surface area contributed by atoms with Gasteiger partial charge in [0.05, 0.1) is 16.7 Å². The van der Waals surface area contributed by atoms with Gasteiger partial charge in [0.15, 0.2) is 0 Å². The lowest BCUT2D eigenvalue weighted by atomic mass is 10.0. The third kappa shape index (κ3) is 34.2. The van der Waals surface area contributed by atoms with E-state index in [0.29, 0.717) is 88.8 Å². The summed E-state index contributed by atoms with van der Waals surface area (Å²) in [5.41, 5.74) is 0.282. The van der Waals surface area contributed by atoms with Crippen molar-refractivity contribution in [3.8, 4) is 50.6 Å². The van der Waals surface area contributed by atoms with Crippen molar-refractivity contribution in [1.29, 1.82) is 0 Å². The molecule has 9 amide bonds. The van der Waals surface area contributed by atoms with Crippen molar-refractivity contribution in [3.63, 3.8) is 0 Å². The summed E-state index contributed by atoms with van der Waals surface area (Å²) < 4.78 is 98.6. The summed E-state index contributed by atoms with van der Waals surface area (Å²) in [5.74, 6) is -13.2. The summed E-state index contributed by atoms with van der Waals surface area (Å²) >= 11 is 3.96. The minimum atomic E-state index is -1.16. The molecule has 0 fully saturated rings. The molecule has 642 valence electrons. The summed E-state index contributed by atoms with van der Waals surface area (Å²) in [6, 6.07) is 14.2. The molecule has 0 aliphatic heterocycles. The van der Waals surface area contributed by atoms with Crippen LogP contribution < -0.4 is 62.1 Å². The van der Waals surface area contributed by atoms with Gasteiger partial charge >= 0.3 is 17.9 Å². The Bertz CT molecular complexity index is 4440. The highest BCUT2D eigenvalue weighted by Gasteiger charge is 2.32. The molecule has 0 radical (unpaired) electrons. The topological polar surface area (TPSA) is 443 Å². The predicted octanol–water partition coefficient (Wildman–Crippen LogP) is 7.34. The Morgan fingerprint density at radius 2 is 0.492 bits per heavy atom. The largest absolute Gasteiger partial charge is 0.426 e. The molecule has 0 bridgehead atoms. The number of amides is 9. The molecule has 0 heterocycles. The monoisotopic (exact) mass is 1790 g/mol. The second-order valence-electron chi connectivity index (χ2n) is 24.8. The van der Waals surface area contributed by atoms with E-state index in [0.717, 1.165) is 39.0 Å². The van der Waals surface area contributed by atoms with E-state index < -0.39 is 173 Å². The second-order valence-corrected chi connectivity index (χ2v) is 30.9. The van der Waals surface area contributed by atoms with E-state index >= 15 is 0 Å². The number of thioether (sulfide) groups is 6. The van der Waals surface area contributed by atoms with E-state index in [1.54, 1.807) is 0 Å². The number of nitrogens with one attached hydrogen (secondary N) is 9. The first-order valence-corrected chi connectivity index (χ1v) is 41.0. The molecule has 6 atom stereocenters. The molecule has 6 rings (SSSR count). The van der Waals surface area contributed by atoms with Gasteiger partial charge < -0.3 is 62.1 Å². The summed E-state index contributed by atoms with van der Waals surface area (Å²) in [4.78, 5) is 218. The Hall–Kier alpha value is -11.3. The quantitative estimate of drug-likeness (QED) is 0.0110. The SMILES string of the molecule is CNC(=O)C(CSC(=O)C(CSC(=O)c1cc(-c2ccc(F)cc2F)ccc1OC(C)=O)NC(C)=O)NC(C)=O.CNC(=O)[C@@H](CSC(=O)[C@@H](CSC(=O)c1cc(-c2ccc(F)cc2F)ccc1OC(C)=O)NC(C)=O)NC(C)=O.CNC(=O)[C@H](CSC(=O)[C@H](CSC(=O)c1cc(-c2ccc(F)cc2F)ccc1OC(C)=O)NC(C)=O)NC(C)=O. The number of halogens is 6. The molecule has 0 aromatic heterocycles. The van der Waals surface area contributed by atoms with Crippen LogP contribution in [0, 0.1) is 34.9 Å². The summed E-state index contributed by atoms with van der Waals surface area (Å²) in [6.07, 6.45) is 0. The molecule has 30 nitrogen and oxygen atoms in total. The van der Waals surface area contributed by atoms with E-state index in [9.17, 15) is 113 Å². The average Bonchev–Trinajstić information content (AvgIpc) is 0.814. The van der Waals surface area contributed by atoms with Crippen LogP contribution in [0.3, 0.4) is 0 Å². The zero-order valence-corrected chi connectivity index (χ0v) is 70.8. The molecule has 120 heavy (non-hydrogen) atoms. The van der Waals surface area contributed by atoms with Gasteiger partial charge in [0.2, 0.25) is 83.9 Å². The number of esters is 3. The van der Waals surface area contributed by atoms with E-state index in [4.69, 9.17) is 14.2 Å². The summed E-state index contributed by atoms with van der Waals surface area (Å²) in [7, 11) is 4.11. The average molecular weight is 1790 g/mol. The van der Waals surface area contributed by atoms with Crippen molar-refractivity contribution in [2.75, 3.05) is 55.7 Å². The highest BCUT2D eigenvalue weighted by atomic mass is 32.2. The molecule has 0 aliphatic carbocycles. The molecule has 6 aromatic rings. The molecule has 2 unspecified atom stereocenters. The van der Waals surface area contributed by atoms with Crippen LogP contribution in [0.25, 0.3) is 33.4 Å². The fourth-order valence-corrected chi connectivity index (χ4v) is 15.7. The van der Waals surface area contributed by atoms with E-state index in [2.05, 4.69) is 47.9 Å². The molecule has 42 heteroatoms. The Kier molecular flexibility index (Phi) is 42.0. The third-order valence-electron chi connectivity index (χ3n) is 15.2. The highest BCUT2D eigenvalue weighted by molar-refractivity contribution is 8.16. The van der Waals surface area contributed by atoms with Crippen molar-refractivity contribution in [2.24, 2.45) is 0 Å². The maximum Gasteiger partial charge on any atom is 0.308 e. The Morgan fingerprint density at radius 3 is 0.683 bits per heavy atom. The minimum absolute atomic E-state index is 0.00219. The lowest BCUT2D eigenvalue weighted by Crippen LogP contribution is -2.47. The van der Waals surface area contributed by atoms with Crippen molar-refractivity contribution in [3.05, 3.63) is 161 Å². The molecule has 0 saturated heterocycles. The number of hydrogen-bond acceptors (Lipinski definition) is 27. The van der Waals surface area contributed by atoms with Crippen molar-refractivity contribution in [1.82, 2.24) is 47.9 Å². The van der Waals surface area contributed by atoms with Crippen LogP contribution in [0.5, 0.6) is 17.2 Å². The third-order valence-corrected chi connectivity index (χ3v) is 21.4. The van der Waals surface area contributed by atoms with Gasteiger partial charge in [-0.25, -0.2) is 26.3 Å². The van der Waals surface area contributed by atoms with Crippen molar-refractivity contribution < 1.29 is 127 Å². The van der Waals surface area contributed by atoms with Crippen LogP contribution in [-0.4, -0.2) is 194 Å². The smallest absolute Gasteiger partial charge is 0.308 e. The van der Waals surface area contributed by atoms with Gasteiger partial charge in [-0.15, -0.1) is 0 Å². The number of ether oxygens (including phenoxy) is 3. The van der Waals surface area contributed by atoms with Crippen LogP contribution in [0.4, 0.5) is 26.3 Å². The molecule has 6 aromatic carbocycles. The van der Waals surface area contributed by atoms with Gasteiger partial charge in [-0.3, -0.25) is 86.3 Å². The normalized spacial score (nSPS) is 12.1. The number of likely N-dealkylation sites (N-methyl/N-ethyl adjacent to an activating group) is 3. The van der Waals surface area contributed by atoms with Gasteiger partial charge in [-0.2, -0.15) is 0 Å². The molecular weight excluding hydrogens is 1710 g/mol. The molecule has 0 aliphatic rings. The molecule has 0 saturated carbocycles. The maximum absolute atomic E-state index is 14.4. The first kappa shape index (κ1) is 101. The standard InChI is InChI=1S/3C26H27F2N3O7S2/c3*1-13(32)30-21(24(35)29-4)11-40-26(37)22(31-14(2)33)12-39-25(36)19-9-16(5-8-23(19)38-15(3)34)18-7-6-17(27)10-20(18)28/h3*5-10,21-22H,11-12H2,1-4H3,(H,29,35)(H,30,32)(H,31,33)/t2*21-,22-;/m10./s1. The number of rotatable bonds is 33. The Labute approximate surface area is 708 Å². The lowest BCUT2D eigenvalue weighted by molar-refractivity contribution is -0.132. The van der Waals surface area contributed by atoms with E-state index in [1.165, 1.54) is 135 Å². The first-order valence-electron chi connectivity index (χ1n) is 35.1. The zero-order valence-electron chi connectivity index (χ0n) is 65.9. The van der Waals surface area contributed by atoms with Crippen molar-refractivity contribution in [2.45, 2.75) is 98.6 Å². The van der Waals surface area contributed by atoms with Gasteiger partial charge in [-0.05, 0) is 89.5 Å². The fourth-order valence-electron chi connectivity index (χ4n) is 10.0.